The fourth-order valence-corrected chi connectivity index (χ4v) is 5.39. The van der Waals surface area contributed by atoms with Crippen LogP contribution in [0.3, 0.4) is 0 Å². The minimum atomic E-state index is -4.27. The van der Waals surface area contributed by atoms with E-state index in [1.807, 2.05) is 6.07 Å². The van der Waals surface area contributed by atoms with Gasteiger partial charge in [0, 0.05) is 6.54 Å². The van der Waals surface area contributed by atoms with Gasteiger partial charge in [-0.25, -0.2) is 17.8 Å². The Labute approximate surface area is 188 Å². The van der Waals surface area contributed by atoms with Gasteiger partial charge in [-0.15, -0.1) is 0 Å². The molecule has 0 bridgehead atoms. The first-order valence-electron chi connectivity index (χ1n) is 10.0. The summed E-state index contributed by atoms with van der Waals surface area (Å²) in [5.74, 6) is -2.24. The second kappa shape index (κ2) is 9.01. The number of fused-ring (bicyclic) bond motifs is 1. The molecule has 4 rings (SSSR count). The molecule has 0 saturated carbocycles. The second-order valence-electron chi connectivity index (χ2n) is 7.35. The van der Waals surface area contributed by atoms with E-state index in [1.165, 1.54) is 12.1 Å². The van der Waals surface area contributed by atoms with Gasteiger partial charge in [-0.3, -0.25) is 4.79 Å². The van der Waals surface area contributed by atoms with E-state index in [0.717, 1.165) is 16.4 Å². The predicted octanol–water partition coefficient (Wildman–Crippen LogP) is 2.89. The van der Waals surface area contributed by atoms with Crippen molar-refractivity contribution in [2.24, 2.45) is 0 Å². The maximum absolute atomic E-state index is 14.1. The van der Waals surface area contributed by atoms with Crippen molar-refractivity contribution in [2.45, 2.75) is 23.8 Å². The Balaban J connectivity index is 1.51. The summed E-state index contributed by atoms with van der Waals surface area (Å²) in [4.78, 5) is 19.3. The van der Waals surface area contributed by atoms with Crippen LogP contribution in [0, 0.1) is 17.1 Å². The highest BCUT2D eigenvalue weighted by molar-refractivity contribution is 7.89. The number of halogens is 1. The first kappa shape index (κ1) is 22.4. The number of sulfonamides is 1. The molecule has 1 atom stereocenters. The van der Waals surface area contributed by atoms with Crippen molar-refractivity contribution in [3.8, 4) is 6.07 Å². The van der Waals surface area contributed by atoms with Crippen molar-refractivity contribution in [2.75, 3.05) is 13.2 Å². The minimum absolute atomic E-state index is 0.0285. The highest BCUT2D eigenvalue weighted by Gasteiger charge is 2.41. The molecule has 2 heterocycles. The summed E-state index contributed by atoms with van der Waals surface area (Å²) < 4.78 is 45.9. The van der Waals surface area contributed by atoms with E-state index in [9.17, 15) is 28.0 Å². The number of ether oxygens (including phenoxy) is 1. The number of carbonyl (C=O) groups is 1. The van der Waals surface area contributed by atoms with Crippen molar-refractivity contribution in [1.82, 2.24) is 14.3 Å². The molecule has 0 amide bonds. The van der Waals surface area contributed by atoms with Crippen molar-refractivity contribution in [1.29, 1.82) is 5.26 Å². The van der Waals surface area contributed by atoms with Crippen LogP contribution in [0.15, 0.2) is 59.2 Å². The average molecular weight is 470 g/mol. The molecule has 9 nitrogen and oxygen atoms in total. The Morgan fingerprint density at radius 1 is 1.27 bits per heavy atom. The highest BCUT2D eigenvalue weighted by atomic mass is 32.2. The summed E-state index contributed by atoms with van der Waals surface area (Å²) in [7, 11) is -4.27. The van der Waals surface area contributed by atoms with Gasteiger partial charge in [-0.1, -0.05) is 24.3 Å². The van der Waals surface area contributed by atoms with E-state index in [-0.39, 0.29) is 24.4 Å². The van der Waals surface area contributed by atoms with E-state index in [0.29, 0.717) is 17.5 Å². The third-order valence-corrected chi connectivity index (χ3v) is 7.22. The molecule has 1 saturated heterocycles. The maximum Gasteiger partial charge on any atom is 0.324 e. The van der Waals surface area contributed by atoms with E-state index in [2.05, 4.69) is 9.97 Å². The van der Waals surface area contributed by atoms with Gasteiger partial charge in [-0.05, 0) is 37.1 Å². The average Bonchev–Trinajstić information content (AvgIpc) is 3.46. The Kier molecular flexibility index (Phi) is 6.13. The van der Waals surface area contributed by atoms with E-state index >= 15 is 0 Å². The number of hydrogen-bond acceptors (Lipinski definition) is 7. The lowest BCUT2D eigenvalue weighted by molar-refractivity contribution is -0.147. The number of aliphatic hydroxyl groups excluding tert-OH is 1. The van der Waals surface area contributed by atoms with Gasteiger partial charge >= 0.3 is 5.97 Å². The van der Waals surface area contributed by atoms with Crippen LogP contribution in [0.1, 0.15) is 18.7 Å². The standard InChI is InChI=1S/C22H19FN4O5S/c23-15-6-1-4-10-20(15)33(30,31)27-11-5-9-18(27)22(29)32-13-19(28)14(12-24)21-25-16-7-2-3-8-17(16)26-21/h1-4,6-8,10,18,28H,5,9,11,13H2,(H,25,26)/b19-14-. The smallest absolute Gasteiger partial charge is 0.324 e. The topological polar surface area (TPSA) is 136 Å². The van der Waals surface area contributed by atoms with Gasteiger partial charge in [0.1, 0.15) is 35.0 Å². The lowest BCUT2D eigenvalue weighted by Crippen LogP contribution is -2.41. The van der Waals surface area contributed by atoms with E-state index < -0.39 is 45.1 Å². The highest BCUT2D eigenvalue weighted by Crippen LogP contribution is 2.28. The van der Waals surface area contributed by atoms with Crippen LogP contribution in [0.4, 0.5) is 4.39 Å². The Morgan fingerprint density at radius 3 is 2.73 bits per heavy atom. The number of rotatable bonds is 6. The van der Waals surface area contributed by atoms with Gasteiger partial charge in [-0.2, -0.15) is 9.57 Å². The molecule has 1 aromatic heterocycles. The zero-order chi connectivity index (χ0) is 23.6. The number of carbonyl (C=O) groups excluding carboxylic acids is 1. The minimum Gasteiger partial charge on any atom is -0.507 e. The molecule has 3 aromatic rings. The summed E-state index contributed by atoms with van der Waals surface area (Å²) in [6.07, 6.45) is 0.573. The quantitative estimate of drug-likeness (QED) is 0.321. The normalized spacial score (nSPS) is 17.5. The van der Waals surface area contributed by atoms with Crippen LogP contribution >= 0.6 is 0 Å². The zero-order valence-corrected chi connectivity index (χ0v) is 18.0. The molecular formula is C22H19FN4O5S. The maximum atomic E-state index is 14.1. The number of para-hydroxylation sites is 2. The molecule has 1 unspecified atom stereocenters. The number of nitrogens with zero attached hydrogens (tertiary/aromatic N) is 3. The second-order valence-corrected chi connectivity index (χ2v) is 9.21. The van der Waals surface area contributed by atoms with Gasteiger partial charge in [0.2, 0.25) is 10.0 Å². The summed E-state index contributed by atoms with van der Waals surface area (Å²) in [5, 5.41) is 19.8. The number of benzene rings is 2. The molecular weight excluding hydrogens is 451 g/mol. The third kappa shape index (κ3) is 4.30. The number of imidazole rings is 1. The van der Waals surface area contributed by atoms with Gasteiger partial charge < -0.3 is 14.8 Å². The van der Waals surface area contributed by atoms with Crippen LogP contribution in [-0.4, -0.2) is 53.0 Å². The lowest BCUT2D eigenvalue weighted by atomic mass is 10.2. The lowest BCUT2D eigenvalue weighted by Gasteiger charge is -2.23. The van der Waals surface area contributed by atoms with Crippen molar-refractivity contribution in [3.63, 3.8) is 0 Å². The van der Waals surface area contributed by atoms with E-state index in [4.69, 9.17) is 4.74 Å². The number of esters is 1. The summed E-state index contributed by atoms with van der Waals surface area (Å²) >= 11 is 0. The number of hydrogen-bond donors (Lipinski definition) is 2. The number of nitrogens with one attached hydrogen (secondary N) is 1. The van der Waals surface area contributed by atoms with Gasteiger partial charge in [0.25, 0.3) is 0 Å². The molecule has 2 N–H and O–H groups in total. The Morgan fingerprint density at radius 2 is 2.00 bits per heavy atom. The summed E-state index contributed by atoms with van der Waals surface area (Å²) in [6, 6.07) is 12.6. The summed E-state index contributed by atoms with van der Waals surface area (Å²) in [6.45, 7) is -0.621. The molecule has 2 aromatic carbocycles. The zero-order valence-electron chi connectivity index (χ0n) is 17.2. The van der Waals surface area contributed by atoms with Crippen LogP contribution in [0.2, 0.25) is 0 Å². The fraction of sp³-hybridized carbons (Fsp3) is 0.227. The largest absolute Gasteiger partial charge is 0.507 e. The fourth-order valence-electron chi connectivity index (χ4n) is 3.68. The molecule has 33 heavy (non-hydrogen) atoms. The Bertz CT molecular complexity index is 1360. The van der Waals surface area contributed by atoms with Crippen LogP contribution in [0.25, 0.3) is 16.6 Å². The molecule has 11 heteroatoms. The van der Waals surface area contributed by atoms with Crippen molar-refractivity contribution >= 4 is 32.6 Å². The monoisotopic (exact) mass is 470 g/mol. The predicted molar refractivity (Wildman–Crippen MR) is 116 cm³/mol. The molecule has 0 spiro atoms. The molecule has 1 aliphatic rings. The molecule has 1 aliphatic heterocycles. The summed E-state index contributed by atoms with van der Waals surface area (Å²) in [5.41, 5.74) is 1.04. The first-order chi connectivity index (χ1) is 15.8. The number of H-pyrrole nitrogens is 1. The molecule has 0 radical (unpaired) electrons. The van der Waals surface area contributed by atoms with Crippen molar-refractivity contribution < 1.29 is 27.4 Å². The number of aromatic amines is 1. The number of aromatic nitrogens is 2. The number of nitriles is 1. The van der Waals surface area contributed by atoms with E-state index in [1.54, 1.807) is 24.3 Å². The van der Waals surface area contributed by atoms with Crippen LogP contribution < -0.4 is 0 Å². The molecule has 1 fully saturated rings. The molecule has 0 aliphatic carbocycles. The van der Waals surface area contributed by atoms with Crippen LogP contribution in [0.5, 0.6) is 0 Å². The van der Waals surface area contributed by atoms with Gasteiger partial charge in [0.05, 0.1) is 11.0 Å². The number of allylic oxidation sites excluding steroid dienone is 1. The molecule has 170 valence electrons. The number of aliphatic hydroxyl groups is 1. The third-order valence-electron chi connectivity index (χ3n) is 5.28. The van der Waals surface area contributed by atoms with Crippen LogP contribution in [-0.2, 0) is 19.6 Å². The Hall–Kier alpha value is -3.75. The SMILES string of the molecule is N#C/C(=C(/O)COC(=O)C1CCCN1S(=O)(=O)c1ccccc1F)c1nc2ccccc2[nH]1. The van der Waals surface area contributed by atoms with Crippen molar-refractivity contribution in [3.05, 3.63) is 65.9 Å². The van der Waals surface area contributed by atoms with Gasteiger partial charge in [0.15, 0.2) is 11.6 Å². The first-order valence-corrected chi connectivity index (χ1v) is 11.5.